The van der Waals surface area contributed by atoms with Crippen molar-refractivity contribution in [1.82, 2.24) is 20.1 Å². The normalized spacial score (nSPS) is 21.1. The number of piperazine rings is 1. The number of nitrogens with zero attached hydrogens (tertiary/aromatic N) is 4. The van der Waals surface area contributed by atoms with Crippen molar-refractivity contribution in [3.63, 3.8) is 0 Å². The van der Waals surface area contributed by atoms with E-state index in [4.69, 9.17) is 0 Å². The van der Waals surface area contributed by atoms with Gasteiger partial charge in [0.15, 0.2) is 5.66 Å². The summed E-state index contributed by atoms with van der Waals surface area (Å²) in [5.74, 6) is -1.01. The van der Waals surface area contributed by atoms with Crippen molar-refractivity contribution >= 4 is 17.7 Å². The van der Waals surface area contributed by atoms with Gasteiger partial charge in [-0.15, -0.1) is 0 Å². The predicted molar refractivity (Wildman–Crippen MR) is 98.0 cm³/mol. The molecule has 8 heteroatoms. The van der Waals surface area contributed by atoms with E-state index in [2.05, 4.69) is 15.2 Å². The Kier molecular flexibility index (Phi) is 5.61. The van der Waals surface area contributed by atoms with E-state index in [-0.39, 0.29) is 6.03 Å². The Morgan fingerprint density at radius 3 is 2.23 bits per heavy atom. The highest BCUT2D eigenvalue weighted by atomic mass is 16.4. The number of pyridine rings is 1. The molecule has 142 valence electrons. The van der Waals surface area contributed by atoms with Gasteiger partial charge in [-0.25, -0.2) is 9.59 Å². The lowest BCUT2D eigenvalue weighted by molar-refractivity contribution is -0.153. The molecular weight excluding hydrogens is 334 g/mol. The average molecular weight is 361 g/mol. The lowest BCUT2D eigenvalue weighted by Crippen LogP contribution is -2.67. The molecule has 0 aromatic carbocycles. The minimum absolute atomic E-state index is 0.310. The number of hydrogen-bond donors (Lipinski definition) is 2. The minimum Gasteiger partial charge on any atom is -0.478 e. The first-order chi connectivity index (χ1) is 12.5. The van der Waals surface area contributed by atoms with E-state index in [1.807, 2.05) is 17.0 Å². The molecular formula is C18H27N5O3. The van der Waals surface area contributed by atoms with Gasteiger partial charge in [0.25, 0.3) is 0 Å². The maximum Gasteiger partial charge on any atom is 0.344 e. The molecule has 2 amide bonds. The Morgan fingerprint density at radius 2 is 1.65 bits per heavy atom. The first-order valence-electron chi connectivity index (χ1n) is 9.21. The number of nitrogens with one attached hydrogen (secondary N) is 1. The van der Waals surface area contributed by atoms with Crippen molar-refractivity contribution in [2.75, 3.05) is 44.2 Å². The summed E-state index contributed by atoms with van der Waals surface area (Å²) in [5.41, 5.74) is -0.275. The number of carbonyl (C=O) groups excluding carboxylic acids is 1. The van der Waals surface area contributed by atoms with E-state index in [0.29, 0.717) is 39.3 Å². The van der Waals surface area contributed by atoms with Gasteiger partial charge in [-0.3, -0.25) is 9.88 Å². The molecule has 8 nitrogen and oxygen atoms in total. The van der Waals surface area contributed by atoms with Crippen LogP contribution in [0, 0.1) is 0 Å². The molecule has 2 saturated heterocycles. The number of amides is 2. The van der Waals surface area contributed by atoms with Crippen LogP contribution in [-0.2, 0) is 4.79 Å². The summed E-state index contributed by atoms with van der Waals surface area (Å²) in [5, 5.41) is 12.5. The second-order valence-corrected chi connectivity index (χ2v) is 7.03. The van der Waals surface area contributed by atoms with Crippen molar-refractivity contribution < 1.29 is 14.7 Å². The number of carboxylic acids is 1. The zero-order valence-corrected chi connectivity index (χ0v) is 15.2. The monoisotopic (exact) mass is 361 g/mol. The Bertz CT molecular complexity index is 627. The average Bonchev–Trinajstić information content (AvgIpc) is 2.69. The van der Waals surface area contributed by atoms with Crippen LogP contribution in [0.4, 0.5) is 10.5 Å². The van der Waals surface area contributed by atoms with Crippen molar-refractivity contribution in [3.05, 3.63) is 24.5 Å². The van der Waals surface area contributed by atoms with Gasteiger partial charge in [0.05, 0.1) is 0 Å². The molecule has 2 N–H and O–H groups in total. The number of anilines is 1. The van der Waals surface area contributed by atoms with Gasteiger partial charge in [-0.2, -0.15) is 0 Å². The van der Waals surface area contributed by atoms with Crippen LogP contribution in [0.2, 0.25) is 0 Å². The Hall–Kier alpha value is -2.35. The molecule has 1 aromatic heterocycles. The third-order valence-corrected chi connectivity index (χ3v) is 5.35. The SMILES string of the molecule is CC(NC(=O)N1CCN(c2ccncc2)CC1)(C(=O)O)N1CCCCC1. The summed E-state index contributed by atoms with van der Waals surface area (Å²) in [6.07, 6.45) is 6.54. The molecule has 1 aromatic rings. The number of urea groups is 1. The third-order valence-electron chi connectivity index (χ3n) is 5.35. The van der Waals surface area contributed by atoms with Crippen LogP contribution < -0.4 is 10.2 Å². The summed E-state index contributed by atoms with van der Waals surface area (Å²) < 4.78 is 0. The fourth-order valence-electron chi connectivity index (χ4n) is 3.62. The summed E-state index contributed by atoms with van der Waals surface area (Å²) in [6, 6.07) is 3.59. The first kappa shape index (κ1) is 18.4. The van der Waals surface area contributed by atoms with Crippen molar-refractivity contribution in [2.45, 2.75) is 31.8 Å². The lowest BCUT2D eigenvalue weighted by Gasteiger charge is -2.42. The van der Waals surface area contributed by atoms with Crippen LogP contribution in [0.1, 0.15) is 26.2 Å². The number of likely N-dealkylation sites (tertiary alicyclic amines) is 1. The zero-order valence-electron chi connectivity index (χ0n) is 15.2. The van der Waals surface area contributed by atoms with E-state index in [1.54, 1.807) is 24.2 Å². The van der Waals surface area contributed by atoms with Crippen LogP contribution >= 0.6 is 0 Å². The number of rotatable bonds is 4. The minimum atomic E-state index is -1.36. The molecule has 0 spiro atoms. The van der Waals surface area contributed by atoms with Crippen LogP contribution in [0.25, 0.3) is 0 Å². The second-order valence-electron chi connectivity index (χ2n) is 7.03. The molecule has 3 heterocycles. The van der Waals surface area contributed by atoms with Gasteiger partial charge in [0.2, 0.25) is 0 Å². The Labute approximate surface area is 153 Å². The zero-order chi connectivity index (χ0) is 18.6. The summed E-state index contributed by atoms with van der Waals surface area (Å²) >= 11 is 0. The third kappa shape index (κ3) is 3.90. The molecule has 0 aliphatic carbocycles. The Balaban J connectivity index is 1.59. The quantitative estimate of drug-likeness (QED) is 0.838. The van der Waals surface area contributed by atoms with Gasteiger partial charge in [-0.05, 0) is 31.9 Å². The number of carbonyl (C=O) groups is 2. The Morgan fingerprint density at radius 1 is 1.04 bits per heavy atom. The van der Waals surface area contributed by atoms with Crippen molar-refractivity contribution in [1.29, 1.82) is 0 Å². The number of carboxylic acid groups (broad SMARTS) is 1. The standard InChI is InChI=1S/C18H27N5O3/c1-18(16(24)25,23-9-3-2-4-10-23)20-17(26)22-13-11-21(12-14-22)15-5-7-19-8-6-15/h5-8H,2-4,9-14H2,1H3,(H,20,26)(H,24,25). The summed E-state index contributed by atoms with van der Waals surface area (Å²) in [4.78, 5) is 34.4. The summed E-state index contributed by atoms with van der Waals surface area (Å²) in [7, 11) is 0. The van der Waals surface area contributed by atoms with Crippen LogP contribution in [0.15, 0.2) is 24.5 Å². The predicted octanol–water partition coefficient (Wildman–Crippen LogP) is 1.20. The number of aromatic nitrogens is 1. The maximum atomic E-state index is 12.7. The highest BCUT2D eigenvalue weighted by Crippen LogP contribution is 2.20. The topological polar surface area (TPSA) is 89.0 Å². The molecule has 1 unspecified atom stereocenters. The largest absolute Gasteiger partial charge is 0.478 e. The smallest absolute Gasteiger partial charge is 0.344 e. The van der Waals surface area contributed by atoms with Crippen LogP contribution in [-0.4, -0.2) is 76.8 Å². The molecule has 0 bridgehead atoms. The molecule has 2 fully saturated rings. The van der Waals surface area contributed by atoms with Gasteiger partial charge < -0.3 is 20.2 Å². The van der Waals surface area contributed by atoms with Crippen LogP contribution in [0.5, 0.6) is 0 Å². The highest BCUT2D eigenvalue weighted by Gasteiger charge is 2.42. The molecule has 2 aliphatic heterocycles. The molecule has 0 radical (unpaired) electrons. The van der Waals surface area contributed by atoms with Gasteiger partial charge >= 0.3 is 12.0 Å². The van der Waals surface area contributed by atoms with E-state index in [1.165, 1.54) is 0 Å². The van der Waals surface area contributed by atoms with Gasteiger partial charge in [0.1, 0.15) is 0 Å². The van der Waals surface area contributed by atoms with E-state index < -0.39 is 11.6 Å². The number of piperidine rings is 1. The van der Waals surface area contributed by atoms with E-state index >= 15 is 0 Å². The van der Waals surface area contributed by atoms with Gasteiger partial charge in [0, 0.05) is 57.3 Å². The highest BCUT2D eigenvalue weighted by molar-refractivity contribution is 5.85. The first-order valence-corrected chi connectivity index (χ1v) is 9.21. The fourth-order valence-corrected chi connectivity index (χ4v) is 3.62. The lowest BCUT2D eigenvalue weighted by atomic mass is 10.0. The summed E-state index contributed by atoms with van der Waals surface area (Å²) in [6.45, 7) is 5.52. The second kappa shape index (κ2) is 7.90. The number of aliphatic carboxylic acids is 1. The molecule has 0 saturated carbocycles. The van der Waals surface area contributed by atoms with Crippen molar-refractivity contribution in [3.8, 4) is 0 Å². The molecule has 26 heavy (non-hydrogen) atoms. The molecule has 2 aliphatic rings. The molecule has 3 rings (SSSR count). The van der Waals surface area contributed by atoms with Crippen molar-refractivity contribution in [2.24, 2.45) is 0 Å². The van der Waals surface area contributed by atoms with Crippen LogP contribution in [0.3, 0.4) is 0 Å². The number of hydrogen-bond acceptors (Lipinski definition) is 5. The van der Waals surface area contributed by atoms with Gasteiger partial charge in [-0.1, -0.05) is 6.42 Å². The molecule has 1 atom stereocenters. The van der Waals surface area contributed by atoms with E-state index in [0.717, 1.165) is 24.9 Å². The van der Waals surface area contributed by atoms with E-state index in [9.17, 15) is 14.7 Å². The maximum absolute atomic E-state index is 12.7. The fraction of sp³-hybridized carbons (Fsp3) is 0.611.